The van der Waals surface area contributed by atoms with E-state index in [0.717, 1.165) is 12.1 Å². The van der Waals surface area contributed by atoms with Crippen molar-refractivity contribution in [2.24, 2.45) is 10.7 Å². The lowest BCUT2D eigenvalue weighted by Gasteiger charge is -2.10. The van der Waals surface area contributed by atoms with E-state index in [0.29, 0.717) is 5.84 Å². The first-order chi connectivity index (χ1) is 6.63. The van der Waals surface area contributed by atoms with Crippen LogP contribution < -0.4 is 5.73 Å². The van der Waals surface area contributed by atoms with Crippen molar-refractivity contribution in [2.45, 2.75) is 6.54 Å². The van der Waals surface area contributed by atoms with Gasteiger partial charge in [0, 0.05) is 19.2 Å². The molecule has 76 valence electrons. The predicted octanol–water partition coefficient (Wildman–Crippen LogP) is 1.08. The van der Waals surface area contributed by atoms with Gasteiger partial charge in [-0.1, -0.05) is 18.2 Å². The molecule has 0 aromatic heterocycles. The van der Waals surface area contributed by atoms with E-state index in [4.69, 9.17) is 5.73 Å². The van der Waals surface area contributed by atoms with E-state index in [-0.39, 0.29) is 0 Å². The van der Waals surface area contributed by atoms with Gasteiger partial charge in [0.1, 0.15) is 5.84 Å². The fourth-order valence-electron chi connectivity index (χ4n) is 1.32. The third-order valence-electron chi connectivity index (χ3n) is 1.96. The second-order valence-corrected chi connectivity index (χ2v) is 3.55. The van der Waals surface area contributed by atoms with E-state index in [9.17, 15) is 0 Å². The van der Waals surface area contributed by atoms with Crippen LogP contribution in [0.2, 0.25) is 0 Å². The zero-order valence-electron chi connectivity index (χ0n) is 8.99. The van der Waals surface area contributed by atoms with Crippen LogP contribution in [0.3, 0.4) is 0 Å². The van der Waals surface area contributed by atoms with Gasteiger partial charge in [-0.15, -0.1) is 0 Å². The Labute approximate surface area is 85.3 Å². The first-order valence-corrected chi connectivity index (χ1v) is 4.60. The van der Waals surface area contributed by atoms with Gasteiger partial charge in [-0.05, 0) is 25.7 Å². The summed E-state index contributed by atoms with van der Waals surface area (Å²) < 4.78 is 0. The summed E-state index contributed by atoms with van der Waals surface area (Å²) in [4.78, 5) is 6.08. The molecule has 0 aliphatic heterocycles. The Morgan fingerprint density at radius 2 is 2.14 bits per heavy atom. The number of benzene rings is 1. The minimum Gasteiger partial charge on any atom is -0.384 e. The average molecular weight is 191 g/mol. The smallest absolute Gasteiger partial charge is 0.125 e. The van der Waals surface area contributed by atoms with Crippen molar-refractivity contribution in [2.75, 3.05) is 21.1 Å². The number of rotatable bonds is 3. The number of nitrogens with two attached hydrogens (primary N) is 1. The zero-order chi connectivity index (χ0) is 10.6. The van der Waals surface area contributed by atoms with Crippen LogP contribution in [0.5, 0.6) is 0 Å². The highest BCUT2D eigenvalue weighted by atomic mass is 15.0. The fraction of sp³-hybridized carbons (Fsp3) is 0.364. The van der Waals surface area contributed by atoms with Crippen molar-refractivity contribution >= 4 is 5.84 Å². The lowest BCUT2D eigenvalue weighted by atomic mass is 10.1. The Kier molecular flexibility index (Phi) is 3.65. The lowest BCUT2D eigenvalue weighted by molar-refractivity contribution is 0.402. The standard InChI is InChI=1S/C11H17N3/c1-13-11(12)10-6-4-5-9(7-10)8-14(2)3/h4-7H,8H2,1-3H3,(H2,12,13). The van der Waals surface area contributed by atoms with Gasteiger partial charge in [-0.2, -0.15) is 0 Å². The topological polar surface area (TPSA) is 41.6 Å². The van der Waals surface area contributed by atoms with Crippen molar-refractivity contribution in [1.29, 1.82) is 0 Å². The summed E-state index contributed by atoms with van der Waals surface area (Å²) in [7, 11) is 5.79. The normalized spacial score (nSPS) is 12.1. The molecule has 0 aliphatic carbocycles. The first-order valence-electron chi connectivity index (χ1n) is 4.60. The van der Waals surface area contributed by atoms with E-state index < -0.39 is 0 Å². The predicted molar refractivity (Wildman–Crippen MR) is 60.5 cm³/mol. The molecule has 0 fully saturated rings. The van der Waals surface area contributed by atoms with Crippen LogP contribution in [0.1, 0.15) is 11.1 Å². The molecule has 0 atom stereocenters. The summed E-state index contributed by atoms with van der Waals surface area (Å²) in [5.74, 6) is 0.589. The SMILES string of the molecule is CN=C(N)c1cccc(CN(C)C)c1. The van der Waals surface area contributed by atoms with Crippen molar-refractivity contribution < 1.29 is 0 Å². The van der Waals surface area contributed by atoms with Gasteiger partial charge in [0.25, 0.3) is 0 Å². The maximum Gasteiger partial charge on any atom is 0.125 e. The molecule has 0 saturated carbocycles. The van der Waals surface area contributed by atoms with E-state index >= 15 is 0 Å². The quantitative estimate of drug-likeness (QED) is 0.574. The highest BCUT2D eigenvalue weighted by Crippen LogP contribution is 2.06. The molecule has 0 saturated heterocycles. The van der Waals surface area contributed by atoms with Crippen LogP contribution in [-0.4, -0.2) is 31.9 Å². The summed E-state index contributed by atoms with van der Waals surface area (Å²) in [6.07, 6.45) is 0. The molecule has 0 unspecified atom stereocenters. The van der Waals surface area contributed by atoms with Crippen molar-refractivity contribution in [3.63, 3.8) is 0 Å². The highest BCUT2D eigenvalue weighted by Gasteiger charge is 1.99. The van der Waals surface area contributed by atoms with Crippen LogP contribution in [0, 0.1) is 0 Å². The van der Waals surface area contributed by atoms with Gasteiger partial charge < -0.3 is 10.6 Å². The van der Waals surface area contributed by atoms with Crippen LogP contribution in [0.25, 0.3) is 0 Å². The number of nitrogens with zero attached hydrogens (tertiary/aromatic N) is 2. The van der Waals surface area contributed by atoms with E-state index in [1.807, 2.05) is 26.2 Å². The Balaban J connectivity index is 2.90. The Morgan fingerprint density at radius 3 is 2.71 bits per heavy atom. The summed E-state index contributed by atoms with van der Waals surface area (Å²) >= 11 is 0. The fourth-order valence-corrected chi connectivity index (χ4v) is 1.32. The largest absolute Gasteiger partial charge is 0.384 e. The van der Waals surface area contributed by atoms with E-state index in [1.54, 1.807) is 7.05 Å². The number of hydrogen-bond acceptors (Lipinski definition) is 2. The maximum atomic E-state index is 5.73. The molecule has 0 spiro atoms. The molecule has 0 heterocycles. The van der Waals surface area contributed by atoms with Crippen molar-refractivity contribution in [3.05, 3.63) is 35.4 Å². The minimum absolute atomic E-state index is 0.589. The van der Waals surface area contributed by atoms with Gasteiger partial charge in [-0.25, -0.2) is 0 Å². The molecular weight excluding hydrogens is 174 g/mol. The van der Waals surface area contributed by atoms with E-state index in [2.05, 4.69) is 22.0 Å². The highest BCUT2D eigenvalue weighted by molar-refractivity contribution is 5.97. The maximum absolute atomic E-state index is 5.73. The second-order valence-electron chi connectivity index (χ2n) is 3.55. The zero-order valence-corrected chi connectivity index (χ0v) is 8.99. The third kappa shape index (κ3) is 2.85. The van der Waals surface area contributed by atoms with Crippen molar-refractivity contribution in [3.8, 4) is 0 Å². The van der Waals surface area contributed by atoms with Crippen LogP contribution >= 0.6 is 0 Å². The molecule has 3 nitrogen and oxygen atoms in total. The Morgan fingerprint density at radius 1 is 1.43 bits per heavy atom. The molecule has 0 radical (unpaired) electrons. The van der Waals surface area contributed by atoms with Crippen LogP contribution in [0.4, 0.5) is 0 Å². The first kappa shape index (κ1) is 10.7. The monoisotopic (exact) mass is 191 g/mol. The molecule has 3 heteroatoms. The molecule has 14 heavy (non-hydrogen) atoms. The summed E-state index contributed by atoms with van der Waals surface area (Å²) in [5, 5.41) is 0. The summed E-state index contributed by atoms with van der Waals surface area (Å²) in [5.41, 5.74) is 7.97. The molecule has 2 N–H and O–H groups in total. The van der Waals surface area contributed by atoms with Gasteiger partial charge in [0.05, 0.1) is 0 Å². The summed E-state index contributed by atoms with van der Waals surface area (Å²) in [6, 6.07) is 8.14. The molecule has 1 rings (SSSR count). The number of hydrogen-bond donors (Lipinski definition) is 1. The van der Waals surface area contributed by atoms with Crippen LogP contribution in [-0.2, 0) is 6.54 Å². The molecule has 1 aromatic carbocycles. The molecule has 0 aliphatic rings. The minimum atomic E-state index is 0.589. The molecule has 0 bridgehead atoms. The molecule has 1 aromatic rings. The van der Waals surface area contributed by atoms with Gasteiger partial charge in [0.2, 0.25) is 0 Å². The molecular formula is C11H17N3. The number of amidine groups is 1. The lowest BCUT2D eigenvalue weighted by Crippen LogP contribution is -2.15. The Hall–Kier alpha value is -1.35. The van der Waals surface area contributed by atoms with Gasteiger partial charge in [0.15, 0.2) is 0 Å². The van der Waals surface area contributed by atoms with E-state index in [1.165, 1.54) is 5.56 Å². The third-order valence-corrected chi connectivity index (χ3v) is 1.96. The number of aliphatic imine (C=N–C) groups is 1. The van der Waals surface area contributed by atoms with Gasteiger partial charge >= 0.3 is 0 Å². The second kappa shape index (κ2) is 4.77. The van der Waals surface area contributed by atoms with Gasteiger partial charge in [-0.3, -0.25) is 4.99 Å². The molecule has 0 amide bonds. The average Bonchev–Trinajstić information content (AvgIpc) is 2.16. The summed E-state index contributed by atoms with van der Waals surface area (Å²) in [6.45, 7) is 0.921. The van der Waals surface area contributed by atoms with Crippen molar-refractivity contribution in [1.82, 2.24) is 4.90 Å². The Bertz CT molecular complexity index is 329. The van der Waals surface area contributed by atoms with Crippen LogP contribution in [0.15, 0.2) is 29.3 Å².